The van der Waals surface area contributed by atoms with Gasteiger partial charge in [0.1, 0.15) is 0 Å². The number of hydrogen-bond acceptors (Lipinski definition) is 3. The molecule has 1 rings (SSSR count). The van der Waals surface area contributed by atoms with Gasteiger partial charge in [0.15, 0.2) is 0 Å². The van der Waals surface area contributed by atoms with Gasteiger partial charge < -0.3 is 5.32 Å². The zero-order valence-corrected chi connectivity index (χ0v) is 14.3. The molecule has 0 aliphatic rings. The van der Waals surface area contributed by atoms with Gasteiger partial charge in [-0.3, -0.25) is 0 Å². The molecule has 0 saturated carbocycles. The smallest absolute Gasteiger partial charge is 0.215 e. The van der Waals surface area contributed by atoms with Gasteiger partial charge in [-0.1, -0.05) is 36.2 Å². The molecule has 0 aliphatic carbocycles. The van der Waals surface area contributed by atoms with Crippen molar-refractivity contribution >= 4 is 45.6 Å². The number of nitrogens with one attached hydrogen (secondary N) is 2. The molecule has 0 radical (unpaired) electrons. The van der Waals surface area contributed by atoms with Gasteiger partial charge in [-0.2, -0.15) is 0 Å². The highest BCUT2D eigenvalue weighted by Crippen LogP contribution is 2.25. The van der Waals surface area contributed by atoms with Gasteiger partial charge in [0.25, 0.3) is 0 Å². The molecule has 20 heavy (non-hydrogen) atoms. The summed E-state index contributed by atoms with van der Waals surface area (Å²) in [5.74, 6) is -0.209. The Morgan fingerprint density at radius 1 is 1.10 bits per heavy atom. The molecule has 2 N–H and O–H groups in total. The van der Waals surface area contributed by atoms with Crippen molar-refractivity contribution in [1.29, 1.82) is 0 Å². The molecule has 0 spiro atoms. The second-order valence-corrected chi connectivity index (χ2v) is 6.72. The summed E-state index contributed by atoms with van der Waals surface area (Å²) in [6.07, 6.45) is 1.02. The highest BCUT2D eigenvalue weighted by Gasteiger charge is 2.15. The minimum Gasteiger partial charge on any atom is -0.315 e. The van der Waals surface area contributed by atoms with E-state index in [9.17, 15) is 8.42 Å². The zero-order chi connectivity index (χ0) is 14.3. The summed E-state index contributed by atoms with van der Waals surface area (Å²) in [5, 5.41) is 3.84. The fraction of sp³-hybridized carbons (Fsp3) is 0.500. The zero-order valence-electron chi connectivity index (χ0n) is 11.2. The summed E-state index contributed by atoms with van der Waals surface area (Å²) < 4.78 is 26.3. The minimum atomic E-state index is -3.43. The second kappa shape index (κ2) is 9.82. The van der Waals surface area contributed by atoms with Crippen LogP contribution in [0.2, 0.25) is 10.0 Å². The lowest BCUT2D eigenvalue weighted by Gasteiger charge is -2.09. The van der Waals surface area contributed by atoms with Crippen LogP contribution >= 0.6 is 35.6 Å². The number of rotatable bonds is 8. The Balaban J connectivity index is 0.00000361. The molecule has 4 nitrogen and oxygen atoms in total. The van der Waals surface area contributed by atoms with Crippen molar-refractivity contribution in [1.82, 2.24) is 10.0 Å². The Morgan fingerprint density at radius 2 is 1.70 bits per heavy atom. The van der Waals surface area contributed by atoms with Crippen molar-refractivity contribution in [3.8, 4) is 0 Å². The first-order chi connectivity index (χ1) is 8.96. The summed E-state index contributed by atoms with van der Waals surface area (Å²) >= 11 is 11.9. The fourth-order valence-electron chi connectivity index (χ4n) is 1.51. The van der Waals surface area contributed by atoms with Gasteiger partial charge in [-0.05, 0) is 25.1 Å². The van der Waals surface area contributed by atoms with E-state index in [1.54, 1.807) is 18.2 Å². The Kier molecular flexibility index (Phi) is 9.80. The molecule has 0 aliphatic heterocycles. The van der Waals surface area contributed by atoms with Crippen molar-refractivity contribution in [2.45, 2.75) is 19.1 Å². The summed E-state index contributed by atoms with van der Waals surface area (Å²) in [6.45, 7) is 3.88. The third-order valence-electron chi connectivity index (χ3n) is 2.45. The molecule has 0 amide bonds. The van der Waals surface area contributed by atoms with Gasteiger partial charge in [-0.25, -0.2) is 13.1 Å². The normalized spacial score (nSPS) is 11.2. The quantitative estimate of drug-likeness (QED) is 0.700. The highest BCUT2D eigenvalue weighted by molar-refractivity contribution is 7.88. The standard InChI is InChI=1S/C12H18Cl2N2O2S.ClH/c1-2-6-15-7-8-16-19(17,18)9-10-11(13)4-3-5-12(10)14;/h3-5,15-16H,2,6-9H2,1H3;1H. The lowest BCUT2D eigenvalue weighted by Crippen LogP contribution is -2.33. The summed E-state index contributed by atoms with van der Waals surface area (Å²) in [7, 11) is -3.43. The van der Waals surface area contributed by atoms with Crippen molar-refractivity contribution < 1.29 is 8.42 Å². The largest absolute Gasteiger partial charge is 0.315 e. The van der Waals surface area contributed by atoms with Crippen LogP contribution < -0.4 is 10.0 Å². The third kappa shape index (κ3) is 7.11. The molecule has 0 fully saturated rings. The monoisotopic (exact) mass is 360 g/mol. The van der Waals surface area contributed by atoms with Gasteiger partial charge in [-0.15, -0.1) is 12.4 Å². The number of hydrogen-bond donors (Lipinski definition) is 2. The first-order valence-electron chi connectivity index (χ1n) is 6.07. The van der Waals surface area contributed by atoms with E-state index in [4.69, 9.17) is 23.2 Å². The van der Waals surface area contributed by atoms with Crippen LogP contribution in [0.25, 0.3) is 0 Å². The molecule has 1 aromatic rings. The van der Waals surface area contributed by atoms with Crippen LogP contribution in [0, 0.1) is 0 Å². The summed E-state index contributed by atoms with van der Waals surface area (Å²) in [4.78, 5) is 0. The maximum Gasteiger partial charge on any atom is 0.215 e. The first-order valence-corrected chi connectivity index (χ1v) is 8.48. The molecule has 0 bridgehead atoms. The van der Waals surface area contributed by atoms with Crippen LogP contribution in [0.15, 0.2) is 18.2 Å². The molecular weight excluding hydrogens is 343 g/mol. The third-order valence-corrected chi connectivity index (χ3v) is 4.47. The number of benzene rings is 1. The lowest BCUT2D eigenvalue weighted by molar-refractivity contribution is 0.574. The molecule has 0 aromatic heterocycles. The number of sulfonamides is 1. The van der Waals surface area contributed by atoms with Gasteiger partial charge >= 0.3 is 0 Å². The maximum atomic E-state index is 11.9. The molecule has 0 unspecified atom stereocenters. The van der Waals surface area contributed by atoms with E-state index in [0.29, 0.717) is 28.7 Å². The highest BCUT2D eigenvalue weighted by atomic mass is 35.5. The molecule has 0 heterocycles. The molecule has 116 valence electrons. The van der Waals surface area contributed by atoms with Crippen molar-refractivity contribution in [2.24, 2.45) is 0 Å². The van der Waals surface area contributed by atoms with E-state index in [1.165, 1.54) is 0 Å². The van der Waals surface area contributed by atoms with Crippen LogP contribution in [0.3, 0.4) is 0 Å². The van der Waals surface area contributed by atoms with Crippen LogP contribution in [-0.4, -0.2) is 28.1 Å². The van der Waals surface area contributed by atoms with E-state index < -0.39 is 10.0 Å². The van der Waals surface area contributed by atoms with E-state index >= 15 is 0 Å². The molecule has 8 heteroatoms. The Morgan fingerprint density at radius 3 is 2.25 bits per heavy atom. The number of halogens is 3. The van der Waals surface area contributed by atoms with Crippen LogP contribution in [0.4, 0.5) is 0 Å². The van der Waals surface area contributed by atoms with Crippen LogP contribution in [0.1, 0.15) is 18.9 Å². The van der Waals surface area contributed by atoms with Crippen LogP contribution in [0.5, 0.6) is 0 Å². The topological polar surface area (TPSA) is 58.2 Å². The predicted molar refractivity (Wildman–Crippen MR) is 87.5 cm³/mol. The van der Waals surface area contributed by atoms with Gasteiger partial charge in [0.2, 0.25) is 10.0 Å². The maximum absolute atomic E-state index is 11.9. The fourth-order valence-corrected chi connectivity index (χ4v) is 3.40. The van der Waals surface area contributed by atoms with E-state index in [1.807, 2.05) is 0 Å². The van der Waals surface area contributed by atoms with Crippen molar-refractivity contribution in [2.75, 3.05) is 19.6 Å². The van der Waals surface area contributed by atoms with E-state index in [0.717, 1.165) is 13.0 Å². The summed E-state index contributed by atoms with van der Waals surface area (Å²) in [6, 6.07) is 4.94. The van der Waals surface area contributed by atoms with Gasteiger partial charge in [0, 0.05) is 28.7 Å². The lowest BCUT2D eigenvalue weighted by atomic mass is 10.2. The first kappa shape index (κ1) is 20.0. The predicted octanol–water partition coefficient (Wildman–Crippen LogP) is 2.83. The summed E-state index contributed by atoms with van der Waals surface area (Å²) in [5.41, 5.74) is 0.430. The molecule has 0 atom stereocenters. The van der Waals surface area contributed by atoms with E-state index in [-0.39, 0.29) is 18.2 Å². The Bertz CT molecular complexity index is 489. The Labute approximate surface area is 136 Å². The Hall–Kier alpha value is -0.0400. The molecule has 1 aromatic carbocycles. The average Bonchev–Trinajstić information content (AvgIpc) is 2.34. The van der Waals surface area contributed by atoms with Crippen molar-refractivity contribution in [3.05, 3.63) is 33.8 Å². The molecule has 0 saturated heterocycles. The SMILES string of the molecule is CCCNCCNS(=O)(=O)Cc1c(Cl)cccc1Cl.Cl. The average molecular weight is 362 g/mol. The molecular formula is C12H19Cl3N2O2S. The van der Waals surface area contributed by atoms with E-state index in [2.05, 4.69) is 17.0 Å². The van der Waals surface area contributed by atoms with Crippen molar-refractivity contribution in [3.63, 3.8) is 0 Å². The minimum absolute atomic E-state index is 0. The van der Waals surface area contributed by atoms with Crippen LogP contribution in [-0.2, 0) is 15.8 Å². The van der Waals surface area contributed by atoms with Gasteiger partial charge in [0.05, 0.1) is 5.75 Å². The second-order valence-electron chi connectivity index (χ2n) is 4.10.